The monoisotopic (exact) mass is 243 g/mol. The molecule has 0 bridgehead atoms. The second kappa shape index (κ2) is 5.25. The lowest BCUT2D eigenvalue weighted by Gasteiger charge is -2.07. The van der Waals surface area contributed by atoms with Crippen LogP contribution in [0.1, 0.15) is 12.5 Å². The van der Waals surface area contributed by atoms with Crippen molar-refractivity contribution in [1.29, 1.82) is 0 Å². The Morgan fingerprint density at radius 1 is 1.46 bits per heavy atom. The fourth-order valence-electron chi connectivity index (χ4n) is 1.07. The predicted octanol–water partition coefficient (Wildman–Crippen LogP) is 2.57. The average Bonchev–Trinajstić information content (AvgIpc) is 2.17. The Morgan fingerprint density at radius 3 is 2.85 bits per heavy atom. The Morgan fingerprint density at radius 2 is 2.23 bits per heavy atom. The van der Waals surface area contributed by atoms with Crippen molar-refractivity contribution in [3.63, 3.8) is 0 Å². The maximum Gasteiger partial charge on any atom is 0.119 e. The van der Waals surface area contributed by atoms with E-state index >= 15 is 0 Å². The van der Waals surface area contributed by atoms with Gasteiger partial charge in [-0.2, -0.15) is 0 Å². The lowest BCUT2D eigenvalue weighted by Crippen LogP contribution is -2.12. The zero-order chi connectivity index (χ0) is 9.68. The van der Waals surface area contributed by atoms with Crippen LogP contribution >= 0.6 is 15.9 Å². The third-order valence-corrected chi connectivity index (χ3v) is 2.59. The highest BCUT2D eigenvalue weighted by Crippen LogP contribution is 2.22. The van der Waals surface area contributed by atoms with E-state index in [1.165, 1.54) is 5.56 Å². The quantitative estimate of drug-likeness (QED) is 0.878. The van der Waals surface area contributed by atoms with E-state index in [0.29, 0.717) is 0 Å². The van der Waals surface area contributed by atoms with E-state index in [0.717, 1.165) is 23.3 Å². The molecule has 1 aromatic carbocycles. The topological polar surface area (TPSA) is 21.3 Å². The van der Waals surface area contributed by atoms with Gasteiger partial charge >= 0.3 is 0 Å². The Kier molecular flexibility index (Phi) is 4.25. The molecule has 0 aliphatic heterocycles. The normalized spacial score (nSPS) is 10.1. The molecule has 0 saturated carbocycles. The average molecular weight is 244 g/mol. The summed E-state index contributed by atoms with van der Waals surface area (Å²) in [5.41, 5.74) is 1.22. The van der Waals surface area contributed by atoms with Gasteiger partial charge in [0, 0.05) is 11.0 Å². The van der Waals surface area contributed by atoms with Gasteiger partial charge in [-0.1, -0.05) is 22.9 Å². The maximum atomic E-state index is 5.14. The van der Waals surface area contributed by atoms with Crippen molar-refractivity contribution in [1.82, 2.24) is 5.32 Å². The fourth-order valence-corrected chi connectivity index (χ4v) is 1.46. The van der Waals surface area contributed by atoms with Gasteiger partial charge < -0.3 is 10.1 Å². The van der Waals surface area contributed by atoms with Gasteiger partial charge in [0.05, 0.1) is 7.11 Å². The molecule has 0 radical (unpaired) electrons. The van der Waals surface area contributed by atoms with Crippen LogP contribution in [0, 0.1) is 0 Å². The highest BCUT2D eigenvalue weighted by atomic mass is 79.9. The summed E-state index contributed by atoms with van der Waals surface area (Å²) >= 11 is 3.49. The van der Waals surface area contributed by atoms with Crippen LogP contribution in [-0.4, -0.2) is 13.7 Å². The molecule has 3 heteroatoms. The summed E-state index contributed by atoms with van der Waals surface area (Å²) in [6.45, 7) is 3.94. The van der Waals surface area contributed by atoms with E-state index in [1.807, 2.05) is 18.2 Å². The Balaban J connectivity index is 2.78. The van der Waals surface area contributed by atoms with Crippen LogP contribution in [0.3, 0.4) is 0 Å². The number of benzene rings is 1. The van der Waals surface area contributed by atoms with Crippen molar-refractivity contribution in [2.24, 2.45) is 0 Å². The second-order valence-corrected chi connectivity index (χ2v) is 3.59. The SMILES string of the molecule is CCNCc1cc(OC)ccc1Br. The molecule has 1 rings (SSSR count). The Bertz CT molecular complexity index is 276. The standard InChI is InChI=1S/C10H14BrNO/c1-3-12-7-8-6-9(13-2)4-5-10(8)11/h4-6,12H,3,7H2,1-2H3. The molecular weight excluding hydrogens is 230 g/mol. The van der Waals surface area contributed by atoms with E-state index in [1.54, 1.807) is 7.11 Å². The van der Waals surface area contributed by atoms with Crippen molar-refractivity contribution in [2.75, 3.05) is 13.7 Å². The number of nitrogens with one attached hydrogen (secondary N) is 1. The van der Waals surface area contributed by atoms with Gasteiger partial charge in [-0.05, 0) is 30.3 Å². The van der Waals surface area contributed by atoms with Crippen LogP contribution in [-0.2, 0) is 6.54 Å². The Labute approximate surface area is 87.4 Å². The molecule has 1 N–H and O–H groups in total. The van der Waals surface area contributed by atoms with Crippen molar-refractivity contribution >= 4 is 15.9 Å². The van der Waals surface area contributed by atoms with Crippen LogP contribution in [0.4, 0.5) is 0 Å². The number of rotatable bonds is 4. The summed E-state index contributed by atoms with van der Waals surface area (Å²) in [4.78, 5) is 0. The zero-order valence-corrected chi connectivity index (χ0v) is 9.52. The van der Waals surface area contributed by atoms with E-state index in [9.17, 15) is 0 Å². The molecule has 0 atom stereocenters. The van der Waals surface area contributed by atoms with Crippen LogP contribution < -0.4 is 10.1 Å². The van der Waals surface area contributed by atoms with Crippen molar-refractivity contribution in [3.8, 4) is 5.75 Å². The molecule has 72 valence electrons. The van der Waals surface area contributed by atoms with Crippen molar-refractivity contribution in [2.45, 2.75) is 13.5 Å². The third-order valence-electron chi connectivity index (χ3n) is 1.82. The van der Waals surface area contributed by atoms with E-state index in [4.69, 9.17) is 4.74 Å². The minimum atomic E-state index is 0.869. The fraction of sp³-hybridized carbons (Fsp3) is 0.400. The van der Waals surface area contributed by atoms with Gasteiger partial charge in [0.2, 0.25) is 0 Å². The van der Waals surface area contributed by atoms with Crippen molar-refractivity contribution in [3.05, 3.63) is 28.2 Å². The molecule has 0 spiro atoms. The van der Waals surface area contributed by atoms with Gasteiger partial charge in [0.1, 0.15) is 5.75 Å². The molecule has 0 amide bonds. The van der Waals surface area contributed by atoms with E-state index in [-0.39, 0.29) is 0 Å². The van der Waals surface area contributed by atoms with Gasteiger partial charge in [0.15, 0.2) is 0 Å². The molecule has 1 aromatic rings. The molecule has 0 fully saturated rings. The lowest BCUT2D eigenvalue weighted by atomic mass is 10.2. The first-order chi connectivity index (χ1) is 6.27. The summed E-state index contributed by atoms with van der Waals surface area (Å²) in [6.07, 6.45) is 0. The highest BCUT2D eigenvalue weighted by molar-refractivity contribution is 9.10. The predicted molar refractivity (Wildman–Crippen MR) is 58.1 cm³/mol. The third kappa shape index (κ3) is 3.01. The summed E-state index contributed by atoms with van der Waals surface area (Å²) < 4.78 is 6.26. The number of ether oxygens (including phenoxy) is 1. The van der Waals surface area contributed by atoms with Crippen LogP contribution in [0.2, 0.25) is 0 Å². The zero-order valence-electron chi connectivity index (χ0n) is 7.93. The molecule has 0 heterocycles. The molecular formula is C10H14BrNO. The maximum absolute atomic E-state index is 5.14. The first kappa shape index (κ1) is 10.5. The minimum Gasteiger partial charge on any atom is -0.497 e. The largest absolute Gasteiger partial charge is 0.497 e. The molecule has 0 aromatic heterocycles. The second-order valence-electron chi connectivity index (χ2n) is 2.74. The van der Waals surface area contributed by atoms with Crippen LogP contribution in [0.25, 0.3) is 0 Å². The van der Waals surface area contributed by atoms with Gasteiger partial charge in [-0.25, -0.2) is 0 Å². The lowest BCUT2D eigenvalue weighted by molar-refractivity contribution is 0.414. The number of methoxy groups -OCH3 is 1. The smallest absolute Gasteiger partial charge is 0.119 e. The minimum absolute atomic E-state index is 0.869. The number of hydrogen-bond acceptors (Lipinski definition) is 2. The summed E-state index contributed by atoms with van der Waals surface area (Å²) in [5, 5.41) is 3.27. The van der Waals surface area contributed by atoms with Gasteiger partial charge in [-0.3, -0.25) is 0 Å². The molecule has 0 aliphatic rings. The van der Waals surface area contributed by atoms with Crippen LogP contribution in [0.5, 0.6) is 5.75 Å². The number of hydrogen-bond donors (Lipinski definition) is 1. The molecule has 13 heavy (non-hydrogen) atoms. The van der Waals surface area contributed by atoms with Gasteiger partial charge in [-0.15, -0.1) is 0 Å². The van der Waals surface area contributed by atoms with Gasteiger partial charge in [0.25, 0.3) is 0 Å². The summed E-state index contributed by atoms with van der Waals surface area (Å²) in [7, 11) is 1.68. The van der Waals surface area contributed by atoms with Crippen molar-refractivity contribution < 1.29 is 4.74 Å². The number of halogens is 1. The van der Waals surface area contributed by atoms with Crippen LogP contribution in [0.15, 0.2) is 22.7 Å². The summed E-state index contributed by atoms with van der Waals surface area (Å²) in [5.74, 6) is 0.899. The van der Waals surface area contributed by atoms with E-state index in [2.05, 4.69) is 28.2 Å². The molecule has 0 aliphatic carbocycles. The Hall–Kier alpha value is -0.540. The molecule has 0 saturated heterocycles. The van der Waals surface area contributed by atoms with E-state index < -0.39 is 0 Å². The molecule has 2 nitrogen and oxygen atoms in total. The first-order valence-corrected chi connectivity index (χ1v) is 5.10. The highest BCUT2D eigenvalue weighted by Gasteiger charge is 2.00. The first-order valence-electron chi connectivity index (χ1n) is 4.31. The summed E-state index contributed by atoms with van der Waals surface area (Å²) in [6, 6.07) is 5.98. The molecule has 0 unspecified atom stereocenters.